The Morgan fingerprint density at radius 1 is 1.24 bits per heavy atom. The molecular formula is C16H20F3NO. The van der Waals surface area contributed by atoms with Crippen LogP contribution in [0.1, 0.15) is 51.0 Å². The fourth-order valence-electron chi connectivity index (χ4n) is 2.62. The topological polar surface area (TPSA) is 25.0 Å². The van der Waals surface area contributed by atoms with E-state index >= 15 is 0 Å². The number of fused-ring (bicyclic) bond motifs is 1. The van der Waals surface area contributed by atoms with Crippen molar-refractivity contribution in [2.24, 2.45) is 0 Å². The van der Waals surface area contributed by atoms with E-state index in [9.17, 15) is 13.2 Å². The van der Waals surface area contributed by atoms with Crippen LogP contribution < -0.4 is 4.74 Å². The lowest BCUT2D eigenvalue weighted by Gasteiger charge is -2.12. The van der Waals surface area contributed by atoms with E-state index in [0.717, 1.165) is 30.2 Å². The summed E-state index contributed by atoms with van der Waals surface area (Å²) < 4.78 is 41.3. The van der Waals surface area contributed by atoms with E-state index in [1.807, 2.05) is 6.07 Å². The van der Waals surface area contributed by atoms with E-state index in [2.05, 4.69) is 23.6 Å². The van der Waals surface area contributed by atoms with Gasteiger partial charge in [0.15, 0.2) is 5.75 Å². The van der Waals surface area contributed by atoms with Gasteiger partial charge in [0.1, 0.15) is 0 Å². The van der Waals surface area contributed by atoms with Crippen LogP contribution in [0, 0.1) is 0 Å². The molecule has 1 aromatic carbocycles. The van der Waals surface area contributed by atoms with Gasteiger partial charge in [0.05, 0.1) is 5.52 Å². The van der Waals surface area contributed by atoms with Crippen LogP contribution in [0.25, 0.3) is 10.9 Å². The maximum absolute atomic E-state index is 12.4. The smallest absolute Gasteiger partial charge is 0.404 e. The zero-order valence-electron chi connectivity index (χ0n) is 12.3. The van der Waals surface area contributed by atoms with E-state index in [1.165, 1.54) is 12.5 Å². The van der Waals surface area contributed by atoms with Crippen molar-refractivity contribution in [2.75, 3.05) is 0 Å². The zero-order valence-corrected chi connectivity index (χ0v) is 12.3. The van der Waals surface area contributed by atoms with Crippen molar-refractivity contribution in [1.82, 2.24) is 4.98 Å². The minimum atomic E-state index is -4.67. The molecule has 0 aliphatic heterocycles. The quantitative estimate of drug-likeness (QED) is 0.675. The number of H-pyrrole nitrogens is 1. The second kappa shape index (κ2) is 6.41. The Labute approximate surface area is 122 Å². The number of aromatic amines is 1. The second-order valence-electron chi connectivity index (χ2n) is 5.37. The molecule has 0 saturated carbocycles. The van der Waals surface area contributed by atoms with Gasteiger partial charge in [0.2, 0.25) is 0 Å². The number of benzene rings is 1. The van der Waals surface area contributed by atoms with Crippen LogP contribution in [-0.4, -0.2) is 11.3 Å². The monoisotopic (exact) mass is 299 g/mol. The number of hydrogen-bond donors (Lipinski definition) is 1. The minimum absolute atomic E-state index is 0.174. The zero-order chi connectivity index (χ0) is 15.5. The van der Waals surface area contributed by atoms with Gasteiger partial charge in [-0.1, -0.05) is 45.2 Å². The van der Waals surface area contributed by atoms with Crippen LogP contribution in [-0.2, 0) is 0 Å². The Morgan fingerprint density at radius 3 is 2.67 bits per heavy atom. The molecular weight excluding hydrogens is 279 g/mol. The van der Waals surface area contributed by atoms with Gasteiger partial charge in [0.25, 0.3) is 0 Å². The average molecular weight is 299 g/mol. The highest BCUT2D eigenvalue weighted by Gasteiger charge is 2.32. The third kappa shape index (κ3) is 3.93. The fourth-order valence-corrected chi connectivity index (χ4v) is 2.62. The Bertz CT molecular complexity index is 589. The third-order valence-electron chi connectivity index (χ3n) is 3.71. The van der Waals surface area contributed by atoms with Gasteiger partial charge < -0.3 is 9.72 Å². The highest BCUT2D eigenvalue weighted by atomic mass is 19.4. The van der Waals surface area contributed by atoms with Crippen molar-refractivity contribution in [2.45, 2.75) is 51.8 Å². The first-order chi connectivity index (χ1) is 9.92. The van der Waals surface area contributed by atoms with Crippen LogP contribution in [0.15, 0.2) is 24.4 Å². The summed E-state index contributed by atoms with van der Waals surface area (Å²) in [7, 11) is 0. The molecule has 0 radical (unpaired) electrons. The highest BCUT2D eigenvalue weighted by molar-refractivity contribution is 5.88. The lowest BCUT2D eigenvalue weighted by molar-refractivity contribution is -0.274. The van der Waals surface area contributed by atoms with Crippen molar-refractivity contribution < 1.29 is 17.9 Å². The number of alkyl halides is 3. The predicted molar refractivity (Wildman–Crippen MR) is 77.5 cm³/mol. The van der Waals surface area contributed by atoms with Gasteiger partial charge in [-0.05, 0) is 24.0 Å². The molecule has 0 bridgehead atoms. The summed E-state index contributed by atoms with van der Waals surface area (Å²) in [6.07, 6.45) is 1.62. The number of para-hydroxylation sites is 1. The average Bonchev–Trinajstić information content (AvgIpc) is 2.82. The summed E-state index contributed by atoms with van der Waals surface area (Å²) >= 11 is 0. The Balaban J connectivity index is 2.25. The van der Waals surface area contributed by atoms with E-state index in [-0.39, 0.29) is 5.75 Å². The normalized spacial score (nSPS) is 13.6. The lowest BCUT2D eigenvalue weighted by atomic mass is 9.94. The lowest BCUT2D eigenvalue weighted by Crippen LogP contribution is -2.17. The minimum Gasteiger partial charge on any atom is -0.404 e. The molecule has 1 N–H and O–H groups in total. The molecule has 0 aliphatic carbocycles. The largest absolute Gasteiger partial charge is 0.573 e. The number of hydrogen-bond acceptors (Lipinski definition) is 1. The molecule has 5 heteroatoms. The molecule has 1 atom stereocenters. The summed E-state index contributed by atoms with van der Waals surface area (Å²) in [5.74, 6) is 0.137. The SMILES string of the molecule is CCCCCC(C)c1c[nH]c2c(OC(F)(F)F)cccc12. The summed E-state index contributed by atoms with van der Waals surface area (Å²) in [5, 5.41) is 0.806. The standard InChI is InChI=1S/C16H20F3NO/c1-3-4-5-7-11(2)13-10-20-15-12(13)8-6-9-14(15)21-16(17,18)19/h6,8-11,20H,3-5,7H2,1-2H3. The van der Waals surface area contributed by atoms with Crippen molar-refractivity contribution in [3.8, 4) is 5.75 Å². The molecule has 21 heavy (non-hydrogen) atoms. The second-order valence-corrected chi connectivity index (χ2v) is 5.37. The molecule has 116 valence electrons. The van der Waals surface area contributed by atoms with Gasteiger partial charge in [-0.3, -0.25) is 0 Å². The van der Waals surface area contributed by atoms with E-state index in [1.54, 1.807) is 12.3 Å². The van der Waals surface area contributed by atoms with Crippen LogP contribution >= 0.6 is 0 Å². The molecule has 0 saturated heterocycles. The molecule has 0 aliphatic rings. The number of aromatic nitrogens is 1. The third-order valence-corrected chi connectivity index (χ3v) is 3.71. The summed E-state index contributed by atoms with van der Waals surface area (Å²) in [6, 6.07) is 4.76. The molecule has 2 nitrogen and oxygen atoms in total. The molecule has 1 aromatic heterocycles. The first-order valence-corrected chi connectivity index (χ1v) is 7.28. The van der Waals surface area contributed by atoms with Crippen molar-refractivity contribution in [3.05, 3.63) is 30.0 Å². The van der Waals surface area contributed by atoms with Gasteiger partial charge in [-0.2, -0.15) is 0 Å². The van der Waals surface area contributed by atoms with E-state index in [4.69, 9.17) is 0 Å². The van der Waals surface area contributed by atoms with Crippen LogP contribution in [0.2, 0.25) is 0 Å². The molecule has 2 aromatic rings. The first-order valence-electron chi connectivity index (χ1n) is 7.28. The summed E-state index contributed by atoms with van der Waals surface area (Å²) in [5.41, 5.74) is 1.46. The number of rotatable bonds is 6. The van der Waals surface area contributed by atoms with Gasteiger partial charge in [-0.25, -0.2) is 0 Å². The van der Waals surface area contributed by atoms with Crippen molar-refractivity contribution in [3.63, 3.8) is 0 Å². The predicted octanol–water partition coefficient (Wildman–Crippen LogP) is 5.75. The van der Waals surface area contributed by atoms with E-state index < -0.39 is 6.36 Å². The van der Waals surface area contributed by atoms with Crippen molar-refractivity contribution >= 4 is 10.9 Å². The number of ether oxygens (including phenoxy) is 1. The molecule has 0 spiro atoms. The number of unbranched alkanes of at least 4 members (excludes halogenated alkanes) is 2. The Hall–Kier alpha value is -1.65. The fraction of sp³-hybridized carbons (Fsp3) is 0.500. The van der Waals surface area contributed by atoms with Gasteiger partial charge >= 0.3 is 6.36 Å². The Morgan fingerprint density at radius 2 is 2.00 bits per heavy atom. The summed E-state index contributed by atoms with van der Waals surface area (Å²) in [6.45, 7) is 4.26. The Kier molecular flexibility index (Phi) is 4.80. The number of halogens is 3. The summed E-state index contributed by atoms with van der Waals surface area (Å²) in [4.78, 5) is 2.93. The van der Waals surface area contributed by atoms with Gasteiger partial charge in [0, 0.05) is 11.6 Å². The molecule has 1 heterocycles. The van der Waals surface area contributed by atoms with Crippen LogP contribution in [0.3, 0.4) is 0 Å². The van der Waals surface area contributed by atoms with Gasteiger partial charge in [-0.15, -0.1) is 13.2 Å². The maximum atomic E-state index is 12.4. The van der Waals surface area contributed by atoms with Crippen molar-refractivity contribution in [1.29, 1.82) is 0 Å². The van der Waals surface area contributed by atoms with E-state index in [0.29, 0.717) is 11.4 Å². The molecule has 1 unspecified atom stereocenters. The highest BCUT2D eigenvalue weighted by Crippen LogP contribution is 2.35. The van der Waals surface area contributed by atoms with Crippen LogP contribution in [0.4, 0.5) is 13.2 Å². The number of nitrogens with one attached hydrogen (secondary N) is 1. The molecule has 2 rings (SSSR count). The maximum Gasteiger partial charge on any atom is 0.573 e. The molecule has 0 amide bonds. The van der Waals surface area contributed by atoms with Crippen LogP contribution in [0.5, 0.6) is 5.75 Å². The molecule has 0 fully saturated rings. The first kappa shape index (κ1) is 15.7.